The van der Waals surface area contributed by atoms with Gasteiger partial charge in [-0.15, -0.1) is 12.4 Å². The molecule has 0 saturated carbocycles. The molecule has 0 aromatic heterocycles. The fourth-order valence-electron chi connectivity index (χ4n) is 1.44. The van der Waals surface area contributed by atoms with Crippen molar-refractivity contribution >= 4 is 24.0 Å². The number of rotatable bonds is 4. The SMILES string of the molecule is COc1cccc(C(C)/C(=C/Cl)CN)c1.Cl. The highest BCUT2D eigenvalue weighted by Crippen LogP contribution is 2.26. The highest BCUT2D eigenvalue weighted by Gasteiger charge is 2.10. The monoisotopic (exact) mass is 261 g/mol. The minimum Gasteiger partial charge on any atom is -0.497 e. The molecule has 4 heteroatoms. The molecule has 0 fully saturated rings. The van der Waals surface area contributed by atoms with E-state index in [0.717, 1.165) is 16.9 Å². The molecule has 1 rings (SSSR count). The molecule has 90 valence electrons. The van der Waals surface area contributed by atoms with Crippen molar-refractivity contribution in [1.82, 2.24) is 0 Å². The molecule has 1 aromatic rings. The van der Waals surface area contributed by atoms with Gasteiger partial charge in [0.05, 0.1) is 7.11 Å². The van der Waals surface area contributed by atoms with E-state index in [-0.39, 0.29) is 18.3 Å². The van der Waals surface area contributed by atoms with Crippen LogP contribution < -0.4 is 10.5 Å². The van der Waals surface area contributed by atoms with Gasteiger partial charge in [-0.3, -0.25) is 0 Å². The zero-order valence-corrected chi connectivity index (χ0v) is 11.0. The molecule has 0 saturated heterocycles. The van der Waals surface area contributed by atoms with Gasteiger partial charge in [0.1, 0.15) is 5.75 Å². The molecule has 1 aromatic carbocycles. The first-order chi connectivity index (χ1) is 7.22. The lowest BCUT2D eigenvalue weighted by Crippen LogP contribution is -2.09. The lowest BCUT2D eigenvalue weighted by molar-refractivity contribution is 0.414. The fourth-order valence-corrected chi connectivity index (χ4v) is 1.72. The second-order valence-corrected chi connectivity index (χ2v) is 3.60. The van der Waals surface area contributed by atoms with Crippen LogP contribution in [0.5, 0.6) is 5.75 Å². The summed E-state index contributed by atoms with van der Waals surface area (Å²) in [5, 5.41) is 0. The van der Waals surface area contributed by atoms with Crippen LogP contribution in [0.3, 0.4) is 0 Å². The Balaban J connectivity index is 0.00000225. The van der Waals surface area contributed by atoms with Gasteiger partial charge in [0.15, 0.2) is 0 Å². The Kier molecular flexibility index (Phi) is 7.22. The van der Waals surface area contributed by atoms with Gasteiger partial charge in [-0.1, -0.05) is 30.7 Å². The summed E-state index contributed by atoms with van der Waals surface area (Å²) in [5.74, 6) is 1.08. The van der Waals surface area contributed by atoms with E-state index < -0.39 is 0 Å². The highest BCUT2D eigenvalue weighted by molar-refractivity contribution is 6.25. The summed E-state index contributed by atoms with van der Waals surface area (Å²) < 4.78 is 5.17. The summed E-state index contributed by atoms with van der Waals surface area (Å²) in [6.07, 6.45) is 0. The summed E-state index contributed by atoms with van der Waals surface area (Å²) in [7, 11) is 1.66. The highest BCUT2D eigenvalue weighted by atomic mass is 35.5. The van der Waals surface area contributed by atoms with Crippen LogP contribution >= 0.6 is 24.0 Å². The summed E-state index contributed by atoms with van der Waals surface area (Å²) in [6.45, 7) is 2.55. The van der Waals surface area contributed by atoms with Crippen molar-refractivity contribution in [3.63, 3.8) is 0 Å². The second-order valence-electron chi connectivity index (χ2n) is 3.39. The maximum absolute atomic E-state index is 5.71. The minimum absolute atomic E-state index is 0. The van der Waals surface area contributed by atoms with Crippen molar-refractivity contribution in [2.75, 3.05) is 13.7 Å². The number of ether oxygens (including phenoxy) is 1. The van der Waals surface area contributed by atoms with Crippen molar-refractivity contribution in [3.05, 3.63) is 40.9 Å². The quantitative estimate of drug-likeness (QED) is 0.903. The van der Waals surface area contributed by atoms with Crippen molar-refractivity contribution in [2.45, 2.75) is 12.8 Å². The van der Waals surface area contributed by atoms with Gasteiger partial charge in [0, 0.05) is 18.0 Å². The molecule has 0 bridgehead atoms. The predicted octanol–water partition coefficient (Wildman–Crippen LogP) is 3.30. The summed E-state index contributed by atoms with van der Waals surface area (Å²) in [4.78, 5) is 0. The van der Waals surface area contributed by atoms with E-state index in [0.29, 0.717) is 6.54 Å². The zero-order valence-electron chi connectivity index (χ0n) is 9.44. The second kappa shape index (κ2) is 7.55. The molecule has 2 N–H and O–H groups in total. The van der Waals surface area contributed by atoms with Crippen molar-refractivity contribution in [2.24, 2.45) is 5.73 Å². The standard InChI is InChI=1S/C12H16ClNO.ClH/c1-9(11(7-13)8-14)10-4-3-5-12(6-10)15-2;/h3-7,9H,8,14H2,1-2H3;1H/b11-7+;. The maximum Gasteiger partial charge on any atom is 0.119 e. The van der Waals surface area contributed by atoms with Gasteiger partial charge in [-0.2, -0.15) is 0 Å². The lowest BCUT2D eigenvalue weighted by atomic mass is 9.94. The Morgan fingerprint density at radius 1 is 1.56 bits per heavy atom. The molecular formula is C12H17Cl2NO. The summed E-state index contributed by atoms with van der Waals surface area (Å²) in [6, 6.07) is 7.93. The van der Waals surface area contributed by atoms with E-state index in [9.17, 15) is 0 Å². The van der Waals surface area contributed by atoms with Crippen LogP contribution in [-0.4, -0.2) is 13.7 Å². The number of nitrogens with two attached hydrogens (primary N) is 1. The largest absolute Gasteiger partial charge is 0.497 e. The molecule has 0 radical (unpaired) electrons. The third-order valence-electron chi connectivity index (χ3n) is 2.53. The zero-order chi connectivity index (χ0) is 11.3. The Bertz CT molecular complexity index is 353. The van der Waals surface area contributed by atoms with E-state index in [2.05, 4.69) is 6.92 Å². The van der Waals surface area contributed by atoms with Gasteiger partial charge in [0.25, 0.3) is 0 Å². The van der Waals surface area contributed by atoms with Gasteiger partial charge in [-0.05, 0) is 23.3 Å². The number of methoxy groups -OCH3 is 1. The van der Waals surface area contributed by atoms with E-state index in [1.807, 2.05) is 24.3 Å². The molecule has 2 nitrogen and oxygen atoms in total. The van der Waals surface area contributed by atoms with E-state index in [1.165, 1.54) is 0 Å². The van der Waals surface area contributed by atoms with Gasteiger partial charge in [-0.25, -0.2) is 0 Å². The van der Waals surface area contributed by atoms with Crippen LogP contribution in [0.4, 0.5) is 0 Å². The molecular weight excluding hydrogens is 245 g/mol. The number of halogens is 2. The molecule has 1 atom stereocenters. The number of benzene rings is 1. The molecule has 16 heavy (non-hydrogen) atoms. The Morgan fingerprint density at radius 2 is 2.25 bits per heavy atom. The minimum atomic E-state index is 0. The normalized spacial score (nSPS) is 12.9. The summed E-state index contributed by atoms with van der Waals surface area (Å²) >= 11 is 5.71. The molecule has 0 spiro atoms. The Labute approximate surface area is 108 Å². The molecule has 0 aliphatic heterocycles. The Hall–Kier alpha value is -0.700. The van der Waals surface area contributed by atoms with Crippen LogP contribution in [0.2, 0.25) is 0 Å². The van der Waals surface area contributed by atoms with Crippen molar-refractivity contribution in [1.29, 1.82) is 0 Å². The molecule has 0 heterocycles. The van der Waals surface area contributed by atoms with Crippen LogP contribution in [0, 0.1) is 0 Å². The van der Waals surface area contributed by atoms with Crippen LogP contribution in [0.15, 0.2) is 35.4 Å². The van der Waals surface area contributed by atoms with Crippen molar-refractivity contribution < 1.29 is 4.74 Å². The predicted molar refractivity (Wildman–Crippen MR) is 71.6 cm³/mol. The number of hydrogen-bond acceptors (Lipinski definition) is 2. The van der Waals surface area contributed by atoms with E-state index in [1.54, 1.807) is 12.6 Å². The maximum atomic E-state index is 5.71. The molecule has 0 aliphatic carbocycles. The third-order valence-corrected chi connectivity index (χ3v) is 2.81. The molecule has 0 amide bonds. The first-order valence-corrected chi connectivity index (χ1v) is 5.29. The number of hydrogen-bond donors (Lipinski definition) is 1. The summed E-state index contributed by atoms with van der Waals surface area (Å²) in [5.41, 5.74) is 9.35. The van der Waals surface area contributed by atoms with Gasteiger partial charge >= 0.3 is 0 Å². The average molecular weight is 262 g/mol. The molecule has 1 unspecified atom stereocenters. The fraction of sp³-hybridized carbons (Fsp3) is 0.333. The van der Waals surface area contributed by atoms with E-state index >= 15 is 0 Å². The van der Waals surface area contributed by atoms with Crippen molar-refractivity contribution in [3.8, 4) is 5.75 Å². The van der Waals surface area contributed by atoms with Gasteiger partial charge in [0.2, 0.25) is 0 Å². The topological polar surface area (TPSA) is 35.2 Å². The molecule has 0 aliphatic rings. The van der Waals surface area contributed by atoms with E-state index in [4.69, 9.17) is 22.1 Å². The first-order valence-electron chi connectivity index (χ1n) is 4.86. The first kappa shape index (κ1) is 15.3. The smallest absolute Gasteiger partial charge is 0.119 e. The third kappa shape index (κ3) is 3.71. The van der Waals surface area contributed by atoms with Crippen LogP contribution in [0.25, 0.3) is 0 Å². The van der Waals surface area contributed by atoms with Gasteiger partial charge < -0.3 is 10.5 Å². The van der Waals surface area contributed by atoms with Crippen LogP contribution in [-0.2, 0) is 0 Å². The lowest BCUT2D eigenvalue weighted by Gasteiger charge is -2.14. The average Bonchev–Trinajstić information content (AvgIpc) is 2.30. The Morgan fingerprint density at radius 3 is 2.75 bits per heavy atom. The van der Waals surface area contributed by atoms with Crippen LogP contribution in [0.1, 0.15) is 18.4 Å².